The molecule has 0 unspecified atom stereocenters. The van der Waals surface area contributed by atoms with Gasteiger partial charge in [0, 0.05) is 38.9 Å². The minimum Gasteiger partial charge on any atom is -0.310 e. The molecule has 0 aliphatic heterocycles. The number of halogens is 1. The summed E-state index contributed by atoms with van der Waals surface area (Å²) >= 11 is 0. The average molecular weight is 719 g/mol. The van der Waals surface area contributed by atoms with Gasteiger partial charge in [-0.15, -0.1) is 0 Å². The number of fused-ring (bicyclic) bond motifs is 6. The lowest BCUT2D eigenvalue weighted by molar-refractivity contribution is 0.628. The van der Waals surface area contributed by atoms with E-state index in [0.29, 0.717) is 0 Å². The first-order valence-electron chi connectivity index (χ1n) is 18.8. The third-order valence-electron chi connectivity index (χ3n) is 11.2. The molecule has 1 aliphatic rings. The number of hydrogen-bond acceptors (Lipinski definition) is 2. The third kappa shape index (κ3) is 5.61. The molecule has 0 aromatic heterocycles. The van der Waals surface area contributed by atoms with Crippen LogP contribution in [0.25, 0.3) is 32.7 Å². The largest absolute Gasteiger partial charge is 0.310 e. The van der Waals surface area contributed by atoms with E-state index < -0.39 is 8.07 Å². The molecule has 4 heteroatoms. The quantitative estimate of drug-likeness (QED) is 0.151. The zero-order valence-corrected chi connectivity index (χ0v) is 32.4. The van der Waals surface area contributed by atoms with Gasteiger partial charge in [0.1, 0.15) is 5.82 Å². The molecular weight excluding hydrogens is 676 g/mol. The van der Waals surface area contributed by atoms with Gasteiger partial charge in [0.05, 0.1) is 19.4 Å². The van der Waals surface area contributed by atoms with Crippen molar-refractivity contribution in [3.8, 4) is 11.1 Å². The van der Waals surface area contributed by atoms with Crippen molar-refractivity contribution in [2.75, 3.05) is 9.80 Å². The van der Waals surface area contributed by atoms with Crippen molar-refractivity contribution in [3.63, 3.8) is 0 Å². The van der Waals surface area contributed by atoms with Crippen LogP contribution in [0, 0.1) is 5.82 Å². The van der Waals surface area contributed by atoms with E-state index in [1.54, 1.807) is 12.1 Å². The molecule has 0 saturated carbocycles. The predicted molar refractivity (Wildman–Crippen MR) is 231 cm³/mol. The highest BCUT2D eigenvalue weighted by molar-refractivity contribution is 6.88. The van der Waals surface area contributed by atoms with Crippen molar-refractivity contribution in [3.05, 3.63) is 187 Å². The Labute approximate surface area is 318 Å². The monoisotopic (exact) mass is 718 g/mol. The molecule has 0 atom stereocenters. The molecule has 8 aromatic carbocycles. The molecule has 0 heterocycles. The number of hydrogen-bond donors (Lipinski definition) is 0. The normalized spacial score (nSPS) is 13.1. The molecular formula is C50H43FN2Si. The molecule has 264 valence electrons. The van der Waals surface area contributed by atoms with Gasteiger partial charge in [-0.3, -0.25) is 0 Å². The van der Waals surface area contributed by atoms with Crippen molar-refractivity contribution in [1.29, 1.82) is 0 Å². The Morgan fingerprint density at radius 3 is 1.78 bits per heavy atom. The fourth-order valence-electron chi connectivity index (χ4n) is 8.44. The summed E-state index contributed by atoms with van der Waals surface area (Å²) in [5.74, 6) is -0.254. The van der Waals surface area contributed by atoms with Gasteiger partial charge in [-0.25, -0.2) is 4.39 Å². The lowest BCUT2D eigenvalue weighted by Crippen LogP contribution is -2.37. The Balaban J connectivity index is 1.25. The van der Waals surface area contributed by atoms with Crippen LogP contribution in [0.4, 0.5) is 38.5 Å². The number of para-hydroxylation sites is 1. The van der Waals surface area contributed by atoms with Crippen molar-refractivity contribution in [2.24, 2.45) is 0 Å². The highest BCUT2D eigenvalue weighted by Gasteiger charge is 2.38. The zero-order chi connectivity index (χ0) is 37.2. The highest BCUT2D eigenvalue weighted by Crippen LogP contribution is 2.56. The van der Waals surface area contributed by atoms with Crippen LogP contribution < -0.4 is 15.0 Å². The topological polar surface area (TPSA) is 6.48 Å². The van der Waals surface area contributed by atoms with Crippen molar-refractivity contribution >= 4 is 68.9 Å². The molecule has 8 aromatic rings. The Bertz CT molecular complexity index is 2690. The van der Waals surface area contributed by atoms with Gasteiger partial charge in [-0.2, -0.15) is 0 Å². The summed E-state index contributed by atoms with van der Waals surface area (Å²) in [5.41, 5.74) is 11.0. The van der Waals surface area contributed by atoms with Gasteiger partial charge in [0.25, 0.3) is 0 Å². The van der Waals surface area contributed by atoms with Gasteiger partial charge < -0.3 is 9.80 Å². The maximum Gasteiger partial charge on any atom is 0.125 e. The molecule has 0 amide bonds. The second kappa shape index (κ2) is 12.9. The van der Waals surface area contributed by atoms with Gasteiger partial charge in [0.2, 0.25) is 0 Å². The maximum atomic E-state index is 15.0. The summed E-state index contributed by atoms with van der Waals surface area (Å²) < 4.78 is 15.0. The molecule has 54 heavy (non-hydrogen) atoms. The summed E-state index contributed by atoms with van der Waals surface area (Å²) in [6.07, 6.45) is 0. The summed E-state index contributed by atoms with van der Waals surface area (Å²) in [5, 5.41) is 6.13. The molecule has 0 bridgehead atoms. The van der Waals surface area contributed by atoms with Crippen molar-refractivity contribution in [1.82, 2.24) is 0 Å². The Morgan fingerprint density at radius 2 is 1.04 bits per heavy atom. The lowest BCUT2D eigenvalue weighted by Gasteiger charge is -2.30. The minimum atomic E-state index is -1.52. The first kappa shape index (κ1) is 33.8. The molecule has 0 fully saturated rings. The predicted octanol–water partition coefficient (Wildman–Crippen LogP) is 13.9. The first-order valence-corrected chi connectivity index (χ1v) is 22.3. The number of benzene rings is 8. The van der Waals surface area contributed by atoms with E-state index in [1.807, 2.05) is 6.07 Å². The van der Waals surface area contributed by atoms with Crippen LogP contribution in [0.1, 0.15) is 25.0 Å². The average Bonchev–Trinajstić information content (AvgIpc) is 3.41. The molecule has 9 rings (SSSR count). The standard InChI is InChI=1S/C50H43FN2Si/c1-50(2)45-32-39(52(36-18-7-6-8-19-36)47-24-13-16-34-15-9-10-21-41(34)47)27-30-44(45)49-43-23-12-11-22-42(43)48(33-46(49)50)53(38-20-14-17-35(51)31-38)37-25-28-40(29-26-37)54(3,4)5/h6-33H,1-5H3. The summed E-state index contributed by atoms with van der Waals surface area (Å²) in [6, 6.07) is 59.8. The second-order valence-electron chi connectivity index (χ2n) is 16.0. The third-order valence-corrected chi connectivity index (χ3v) is 13.3. The van der Waals surface area contributed by atoms with E-state index >= 15 is 4.39 Å². The first-order chi connectivity index (χ1) is 26.1. The van der Waals surface area contributed by atoms with Crippen LogP contribution in [0.2, 0.25) is 19.6 Å². The molecule has 0 spiro atoms. The van der Waals surface area contributed by atoms with E-state index in [4.69, 9.17) is 0 Å². The van der Waals surface area contributed by atoms with Crippen LogP contribution in [0.15, 0.2) is 170 Å². The fourth-order valence-corrected chi connectivity index (χ4v) is 9.60. The van der Waals surface area contributed by atoms with E-state index in [0.717, 1.165) is 39.5 Å². The van der Waals surface area contributed by atoms with Gasteiger partial charge in [-0.1, -0.05) is 142 Å². The lowest BCUT2D eigenvalue weighted by atomic mass is 9.81. The van der Waals surface area contributed by atoms with Crippen LogP contribution in [0.3, 0.4) is 0 Å². The van der Waals surface area contributed by atoms with E-state index in [1.165, 1.54) is 49.7 Å². The van der Waals surface area contributed by atoms with Crippen molar-refractivity contribution in [2.45, 2.75) is 38.9 Å². The number of anilines is 6. The molecule has 0 N–H and O–H groups in total. The van der Waals surface area contributed by atoms with Crippen LogP contribution in [-0.2, 0) is 5.41 Å². The molecule has 1 aliphatic carbocycles. The second-order valence-corrected chi connectivity index (χ2v) is 21.1. The summed E-state index contributed by atoms with van der Waals surface area (Å²) in [4.78, 5) is 4.63. The maximum absolute atomic E-state index is 15.0. The Kier molecular flexibility index (Phi) is 8.06. The summed E-state index contributed by atoms with van der Waals surface area (Å²) in [6.45, 7) is 11.8. The summed E-state index contributed by atoms with van der Waals surface area (Å²) in [7, 11) is -1.52. The minimum absolute atomic E-state index is 0.254. The van der Waals surface area contributed by atoms with Crippen LogP contribution >= 0.6 is 0 Å². The highest BCUT2D eigenvalue weighted by atomic mass is 28.3. The van der Waals surface area contributed by atoms with Crippen LogP contribution in [-0.4, -0.2) is 8.07 Å². The molecule has 0 radical (unpaired) electrons. The number of rotatable bonds is 7. The Morgan fingerprint density at radius 1 is 0.463 bits per heavy atom. The van der Waals surface area contributed by atoms with E-state index in [9.17, 15) is 0 Å². The molecule has 2 nitrogen and oxygen atoms in total. The van der Waals surface area contributed by atoms with Crippen molar-refractivity contribution < 1.29 is 4.39 Å². The number of nitrogens with zero attached hydrogens (tertiary/aromatic N) is 2. The fraction of sp³-hybridized carbons (Fsp3) is 0.120. The molecule has 0 saturated heterocycles. The van der Waals surface area contributed by atoms with Gasteiger partial charge in [0.15, 0.2) is 0 Å². The van der Waals surface area contributed by atoms with E-state index in [2.05, 4.69) is 189 Å². The smallest absolute Gasteiger partial charge is 0.125 e. The van der Waals surface area contributed by atoms with Gasteiger partial charge in [-0.05, 0) is 99.8 Å². The van der Waals surface area contributed by atoms with Gasteiger partial charge >= 0.3 is 0 Å². The zero-order valence-electron chi connectivity index (χ0n) is 31.4. The van der Waals surface area contributed by atoms with E-state index in [-0.39, 0.29) is 11.2 Å². The Hall–Kier alpha value is -5.97. The van der Waals surface area contributed by atoms with Crippen LogP contribution in [0.5, 0.6) is 0 Å². The SMILES string of the molecule is CC1(C)c2cc(N(c3ccccc3)c3cccc4ccccc34)ccc2-c2c1cc(N(c1ccc([Si](C)(C)C)cc1)c1cccc(F)c1)c1ccccc21.